The number of hydrogen-bond acceptors (Lipinski definition) is 8. The number of carbonyl (C=O) groups excluding carboxylic acids is 2. The molecule has 0 radical (unpaired) electrons. The number of benzene rings is 2. The summed E-state index contributed by atoms with van der Waals surface area (Å²) in [7, 11) is 1.29. The summed E-state index contributed by atoms with van der Waals surface area (Å²) in [5.74, 6) is 0.276. The average Bonchev–Trinajstić information content (AvgIpc) is 3.40. The summed E-state index contributed by atoms with van der Waals surface area (Å²) < 4.78 is 6.61. The van der Waals surface area contributed by atoms with E-state index in [4.69, 9.17) is 20.4 Å². The Morgan fingerprint density at radius 1 is 0.854 bits per heavy atom. The van der Waals surface area contributed by atoms with Gasteiger partial charge >= 0.3 is 5.97 Å². The number of aromatic nitrogens is 5. The van der Waals surface area contributed by atoms with E-state index in [1.807, 2.05) is 59.2 Å². The van der Waals surface area contributed by atoms with Crippen LogP contribution < -0.4 is 11.1 Å². The third kappa shape index (κ3) is 4.97. The molecular weight excluding hydrogens is 518 g/mol. The number of nitrogens with one attached hydrogen (secondary N) is 1. The minimum Gasteiger partial charge on any atom is -0.465 e. The van der Waals surface area contributed by atoms with Gasteiger partial charge < -0.3 is 15.8 Å². The molecule has 0 aliphatic carbocycles. The van der Waals surface area contributed by atoms with Gasteiger partial charge in [0.1, 0.15) is 17.2 Å². The molecule has 4 aromatic heterocycles. The Bertz CT molecular complexity index is 1900. The molecule has 0 aliphatic heterocycles. The van der Waals surface area contributed by atoms with Crippen LogP contribution >= 0.6 is 0 Å². The van der Waals surface area contributed by atoms with Gasteiger partial charge in [0.15, 0.2) is 11.5 Å². The largest absolute Gasteiger partial charge is 0.465 e. The van der Waals surface area contributed by atoms with Crippen LogP contribution in [0.1, 0.15) is 20.7 Å². The van der Waals surface area contributed by atoms with Crippen LogP contribution in [0.2, 0.25) is 0 Å². The number of methoxy groups -OCH3 is 1. The Balaban J connectivity index is 1.39. The molecule has 0 unspecified atom stereocenters. The van der Waals surface area contributed by atoms with Crippen molar-refractivity contribution < 1.29 is 14.3 Å². The molecule has 200 valence electrons. The third-order valence-electron chi connectivity index (χ3n) is 6.45. The first-order chi connectivity index (χ1) is 20.0. The first kappa shape index (κ1) is 25.4. The molecule has 6 aromatic rings. The number of ether oxygens (including phenoxy) is 1. The number of rotatable bonds is 6. The minimum atomic E-state index is -0.524. The molecule has 3 N–H and O–H groups in total. The smallest absolute Gasteiger partial charge is 0.337 e. The van der Waals surface area contributed by atoms with Gasteiger partial charge in [0.05, 0.1) is 35.8 Å². The first-order valence-corrected chi connectivity index (χ1v) is 12.6. The first-order valence-electron chi connectivity index (χ1n) is 12.6. The number of nitrogens with two attached hydrogens (primary N) is 1. The predicted octanol–water partition coefficient (Wildman–Crippen LogP) is 5.17. The molecule has 2 aromatic carbocycles. The maximum absolute atomic E-state index is 12.9. The minimum absolute atomic E-state index is 0.278. The van der Waals surface area contributed by atoms with E-state index in [0.717, 1.165) is 11.3 Å². The SMILES string of the molecule is COC(=O)c1cccc(C(=O)Nc2ccc(-n3c(-c4cccnc4N)nc4ccc(-c5ccccc5)nc43)cn2)c1. The highest BCUT2D eigenvalue weighted by atomic mass is 16.5. The second-order valence-corrected chi connectivity index (χ2v) is 9.04. The molecule has 0 saturated carbocycles. The number of pyridine rings is 3. The van der Waals surface area contributed by atoms with E-state index in [9.17, 15) is 9.59 Å². The van der Waals surface area contributed by atoms with Gasteiger partial charge in [-0.15, -0.1) is 0 Å². The van der Waals surface area contributed by atoms with Crippen molar-refractivity contribution in [3.8, 4) is 28.3 Å². The summed E-state index contributed by atoms with van der Waals surface area (Å²) in [6, 6.07) is 27.1. The van der Waals surface area contributed by atoms with Crippen molar-refractivity contribution in [2.75, 3.05) is 18.2 Å². The third-order valence-corrected chi connectivity index (χ3v) is 6.45. The van der Waals surface area contributed by atoms with Crippen LogP contribution in [0, 0.1) is 0 Å². The van der Waals surface area contributed by atoms with Gasteiger partial charge in [0.25, 0.3) is 5.91 Å². The van der Waals surface area contributed by atoms with Crippen molar-refractivity contribution in [1.82, 2.24) is 24.5 Å². The van der Waals surface area contributed by atoms with Crippen molar-refractivity contribution in [1.29, 1.82) is 0 Å². The lowest BCUT2D eigenvalue weighted by Gasteiger charge is -2.11. The van der Waals surface area contributed by atoms with Crippen LogP contribution in [-0.2, 0) is 4.74 Å². The molecule has 0 saturated heterocycles. The second kappa shape index (κ2) is 10.7. The van der Waals surface area contributed by atoms with Crippen molar-refractivity contribution in [2.24, 2.45) is 0 Å². The van der Waals surface area contributed by atoms with Crippen LogP contribution in [0.3, 0.4) is 0 Å². The molecule has 1 amide bonds. The van der Waals surface area contributed by atoms with E-state index in [0.29, 0.717) is 45.4 Å². The lowest BCUT2D eigenvalue weighted by Crippen LogP contribution is -2.14. The van der Waals surface area contributed by atoms with E-state index in [-0.39, 0.29) is 5.56 Å². The van der Waals surface area contributed by atoms with Crippen LogP contribution in [0.15, 0.2) is 103 Å². The summed E-state index contributed by atoms with van der Waals surface area (Å²) in [6.45, 7) is 0. The molecule has 0 spiro atoms. The number of imidazole rings is 1. The molecule has 4 heterocycles. The summed E-state index contributed by atoms with van der Waals surface area (Å²) in [5.41, 5.74) is 11.2. The zero-order valence-corrected chi connectivity index (χ0v) is 21.9. The lowest BCUT2D eigenvalue weighted by molar-refractivity contribution is 0.0600. The van der Waals surface area contributed by atoms with E-state index in [1.165, 1.54) is 13.2 Å². The molecule has 0 fully saturated rings. The predicted molar refractivity (Wildman–Crippen MR) is 155 cm³/mol. The highest BCUT2D eigenvalue weighted by Gasteiger charge is 2.19. The van der Waals surface area contributed by atoms with Gasteiger partial charge in [-0.25, -0.2) is 24.7 Å². The quantitative estimate of drug-likeness (QED) is 0.276. The summed E-state index contributed by atoms with van der Waals surface area (Å²) >= 11 is 0. The van der Waals surface area contributed by atoms with Crippen LogP contribution in [0.25, 0.3) is 39.5 Å². The molecule has 0 atom stereocenters. The normalized spacial score (nSPS) is 10.9. The fourth-order valence-corrected chi connectivity index (χ4v) is 4.44. The van der Waals surface area contributed by atoms with Gasteiger partial charge in [-0.05, 0) is 54.6 Å². The Hall–Kier alpha value is -5.90. The Kier molecular flexibility index (Phi) is 6.62. The molecule has 10 nitrogen and oxygen atoms in total. The van der Waals surface area contributed by atoms with Crippen molar-refractivity contribution in [3.05, 3.63) is 115 Å². The number of amides is 1. The maximum atomic E-state index is 12.9. The monoisotopic (exact) mass is 541 g/mol. The topological polar surface area (TPSA) is 138 Å². The average molecular weight is 542 g/mol. The molecule has 41 heavy (non-hydrogen) atoms. The van der Waals surface area contributed by atoms with Crippen molar-refractivity contribution in [3.63, 3.8) is 0 Å². The number of anilines is 2. The van der Waals surface area contributed by atoms with E-state index in [2.05, 4.69) is 15.3 Å². The van der Waals surface area contributed by atoms with E-state index in [1.54, 1.807) is 42.7 Å². The van der Waals surface area contributed by atoms with Crippen molar-refractivity contribution in [2.45, 2.75) is 0 Å². The molecule has 10 heteroatoms. The lowest BCUT2D eigenvalue weighted by atomic mass is 10.1. The number of esters is 1. The number of hydrogen-bond donors (Lipinski definition) is 2. The second-order valence-electron chi connectivity index (χ2n) is 9.04. The van der Waals surface area contributed by atoms with Gasteiger partial charge in [-0.2, -0.15) is 0 Å². The summed E-state index contributed by atoms with van der Waals surface area (Å²) in [6.07, 6.45) is 3.24. The van der Waals surface area contributed by atoms with Crippen LogP contribution in [0.5, 0.6) is 0 Å². The Morgan fingerprint density at radius 3 is 2.44 bits per heavy atom. The van der Waals surface area contributed by atoms with Crippen LogP contribution in [-0.4, -0.2) is 43.5 Å². The Labute approximate surface area is 234 Å². The van der Waals surface area contributed by atoms with Gasteiger partial charge in [0, 0.05) is 17.3 Å². The Morgan fingerprint density at radius 2 is 1.68 bits per heavy atom. The number of fused-ring (bicyclic) bond motifs is 1. The summed E-state index contributed by atoms with van der Waals surface area (Å²) in [4.78, 5) is 43.2. The van der Waals surface area contributed by atoms with Crippen molar-refractivity contribution >= 4 is 34.7 Å². The number of nitrogens with zero attached hydrogens (tertiary/aromatic N) is 5. The molecule has 0 aliphatic rings. The maximum Gasteiger partial charge on any atom is 0.337 e. The number of nitrogen functional groups attached to an aromatic ring is 1. The number of carbonyl (C=O) groups is 2. The van der Waals surface area contributed by atoms with Crippen LogP contribution in [0.4, 0.5) is 11.6 Å². The summed E-state index contributed by atoms with van der Waals surface area (Å²) in [5, 5.41) is 2.77. The van der Waals surface area contributed by atoms with E-state index >= 15 is 0 Å². The van der Waals surface area contributed by atoms with E-state index < -0.39 is 11.9 Å². The molecule has 0 bridgehead atoms. The zero-order valence-electron chi connectivity index (χ0n) is 21.9. The standard InChI is InChI=1S/C31H23N7O3/c1-41-31(40)21-10-5-9-20(17-21)30(39)37-26-15-12-22(18-34-26)38-28(23-11-6-16-33-27(23)32)36-25-14-13-24(35-29(25)38)19-7-3-2-4-8-19/h2-18H,1H3,(H2,32,33)(H,34,37,39). The highest BCUT2D eigenvalue weighted by Crippen LogP contribution is 2.31. The van der Waals surface area contributed by atoms with Gasteiger partial charge in [-0.1, -0.05) is 36.4 Å². The molecular formula is C31H23N7O3. The fraction of sp³-hybridized carbons (Fsp3) is 0.0323. The highest BCUT2D eigenvalue weighted by molar-refractivity contribution is 6.05. The zero-order chi connectivity index (χ0) is 28.3. The molecule has 6 rings (SSSR count). The fourth-order valence-electron chi connectivity index (χ4n) is 4.44. The van der Waals surface area contributed by atoms with Gasteiger partial charge in [0.2, 0.25) is 0 Å². The van der Waals surface area contributed by atoms with Gasteiger partial charge in [-0.3, -0.25) is 9.36 Å².